The maximum absolute atomic E-state index is 12.5. The van der Waals surface area contributed by atoms with Crippen LogP contribution >= 0.6 is 0 Å². The summed E-state index contributed by atoms with van der Waals surface area (Å²) < 4.78 is 47.6. The molecule has 218 valence electrons. The number of pyridine rings is 1. The predicted octanol–water partition coefficient (Wildman–Crippen LogP) is 6.53. The van der Waals surface area contributed by atoms with E-state index in [0.717, 1.165) is 60.5 Å². The molecule has 2 fully saturated rings. The molecule has 2 atom stereocenters. The number of carbonyl (C=O) groups is 1. The highest BCUT2D eigenvalue weighted by Gasteiger charge is 2.42. The number of ether oxygens (including phenoxy) is 1. The van der Waals surface area contributed by atoms with Gasteiger partial charge in [-0.2, -0.15) is 18.2 Å². The molecule has 3 heterocycles. The maximum Gasteiger partial charge on any atom is 0.425 e. The van der Waals surface area contributed by atoms with Gasteiger partial charge in [0.05, 0.1) is 5.41 Å². The summed E-state index contributed by atoms with van der Waals surface area (Å²) in [6.45, 7) is 4.89. The summed E-state index contributed by atoms with van der Waals surface area (Å²) in [7, 11) is 0. The van der Waals surface area contributed by atoms with Gasteiger partial charge in [-0.1, -0.05) is 36.2 Å². The average Bonchev–Trinajstić information content (AvgIpc) is 3.84. The fraction of sp³-hybridized carbons (Fsp3) is 0.448. The number of aromatic nitrogens is 4. The molecule has 1 unspecified atom stereocenters. The number of nitrogens with zero attached hydrogens (tertiary/aromatic N) is 3. The highest BCUT2D eigenvalue weighted by Crippen LogP contribution is 2.48. The fourth-order valence-electron chi connectivity index (χ4n) is 5.11. The van der Waals surface area contributed by atoms with Crippen LogP contribution < -0.4 is 10.5 Å². The lowest BCUT2D eigenvalue weighted by Gasteiger charge is -2.27. The maximum atomic E-state index is 12.5. The molecule has 0 saturated heterocycles. The molecule has 4 N–H and O–H groups in total. The zero-order valence-electron chi connectivity index (χ0n) is 23.0. The lowest BCUT2D eigenvalue weighted by molar-refractivity contribution is -0.189. The van der Waals surface area contributed by atoms with Crippen LogP contribution in [0.15, 0.2) is 41.1 Å². The zero-order chi connectivity index (χ0) is 29.5. The normalized spacial score (nSPS) is 17.4. The molecule has 0 bridgehead atoms. The van der Waals surface area contributed by atoms with E-state index < -0.39 is 18.2 Å². The first-order chi connectivity index (χ1) is 19.4. The number of nitrogens with two attached hydrogens (primary N) is 1. The van der Waals surface area contributed by atoms with Crippen molar-refractivity contribution in [2.75, 3.05) is 5.73 Å². The number of halogens is 3. The van der Waals surface area contributed by atoms with E-state index in [9.17, 15) is 18.0 Å². The third-order valence-corrected chi connectivity index (χ3v) is 7.60. The van der Waals surface area contributed by atoms with E-state index in [2.05, 4.69) is 33.1 Å². The lowest BCUT2D eigenvalue weighted by Crippen LogP contribution is -2.31. The molecule has 0 radical (unpaired) electrons. The number of para-hydroxylation sites is 1. The van der Waals surface area contributed by atoms with Crippen molar-refractivity contribution in [1.82, 2.24) is 20.1 Å². The van der Waals surface area contributed by atoms with Crippen molar-refractivity contribution in [1.29, 1.82) is 0 Å². The van der Waals surface area contributed by atoms with Crippen molar-refractivity contribution < 1.29 is 32.3 Å². The number of hydrogen-bond donors (Lipinski definition) is 3. The number of aryl methyl sites for hydroxylation is 1. The van der Waals surface area contributed by atoms with Gasteiger partial charge in [-0.3, -0.25) is 0 Å². The molecule has 3 aromatic heterocycles. The topological polar surface area (TPSA) is 140 Å². The Morgan fingerprint density at radius 3 is 2.54 bits per heavy atom. The smallest absolute Gasteiger partial charge is 0.425 e. The zero-order valence-corrected chi connectivity index (χ0v) is 23.0. The van der Waals surface area contributed by atoms with Crippen molar-refractivity contribution in [2.45, 2.75) is 76.5 Å². The lowest BCUT2D eigenvalue weighted by atomic mass is 9.76. The predicted molar refractivity (Wildman–Crippen MR) is 145 cm³/mol. The molecule has 2 saturated carbocycles. The summed E-state index contributed by atoms with van der Waals surface area (Å²) in [5, 5.41) is 14.2. The van der Waals surface area contributed by atoms with Gasteiger partial charge in [0, 0.05) is 41.2 Å². The van der Waals surface area contributed by atoms with Gasteiger partial charge in [0.2, 0.25) is 5.89 Å². The van der Waals surface area contributed by atoms with E-state index in [4.69, 9.17) is 20.1 Å². The molecule has 4 aromatic rings. The molecule has 12 heteroatoms. The summed E-state index contributed by atoms with van der Waals surface area (Å²) in [6.07, 6.45) is 0.0541. The number of aromatic amines is 1. The molecule has 1 aromatic carbocycles. The van der Waals surface area contributed by atoms with Crippen molar-refractivity contribution in [2.24, 2.45) is 5.92 Å². The molecule has 2 aliphatic rings. The van der Waals surface area contributed by atoms with Gasteiger partial charge in [0.15, 0.2) is 17.6 Å². The number of H-pyrrole nitrogens is 1. The number of anilines is 1. The molecule has 0 aliphatic heterocycles. The van der Waals surface area contributed by atoms with Crippen LogP contribution in [-0.4, -0.2) is 43.5 Å². The number of fused-ring (bicyclic) bond motifs is 1. The largest absolute Gasteiger partial charge is 0.481 e. The minimum atomic E-state index is -4.49. The Balaban J connectivity index is 0.000000167. The SMILES string of the molecule is C[C@H](Oc1cc(C(=O)O)ncc1C1CC1)C(F)(F)F.Cc1nc(C(C)(CC2CC2)c2c(N)[nH]c3ccccc23)no1. The highest BCUT2D eigenvalue weighted by molar-refractivity contribution is 5.90. The number of carboxylic acid groups (broad SMARTS) is 1. The van der Waals surface area contributed by atoms with Crippen LogP contribution in [-0.2, 0) is 5.41 Å². The third kappa shape index (κ3) is 6.15. The van der Waals surface area contributed by atoms with E-state index in [0.29, 0.717) is 17.3 Å². The van der Waals surface area contributed by atoms with E-state index >= 15 is 0 Å². The van der Waals surface area contributed by atoms with Gasteiger partial charge >= 0.3 is 12.1 Å². The van der Waals surface area contributed by atoms with Crippen LogP contribution in [0.3, 0.4) is 0 Å². The summed E-state index contributed by atoms with van der Waals surface area (Å²) in [5.41, 5.74) is 8.37. The van der Waals surface area contributed by atoms with Gasteiger partial charge in [-0.15, -0.1) is 0 Å². The monoisotopic (exact) mass is 571 g/mol. The molecule has 0 amide bonds. The minimum absolute atomic E-state index is 0.0419. The van der Waals surface area contributed by atoms with Gasteiger partial charge in [-0.25, -0.2) is 9.78 Å². The average molecular weight is 572 g/mol. The van der Waals surface area contributed by atoms with Gasteiger partial charge in [0.1, 0.15) is 11.6 Å². The van der Waals surface area contributed by atoms with Crippen molar-refractivity contribution in [3.05, 3.63) is 65.1 Å². The molecule has 6 rings (SSSR count). The second-order valence-electron chi connectivity index (χ2n) is 11.1. The van der Waals surface area contributed by atoms with E-state index in [-0.39, 0.29) is 22.8 Å². The molecular formula is C29H32F3N5O4. The second kappa shape index (κ2) is 10.7. The Labute approximate surface area is 234 Å². The number of carboxylic acids is 1. The van der Waals surface area contributed by atoms with Crippen molar-refractivity contribution in [3.63, 3.8) is 0 Å². The number of benzene rings is 1. The number of alkyl halides is 3. The van der Waals surface area contributed by atoms with Crippen LogP contribution in [0.25, 0.3) is 10.9 Å². The van der Waals surface area contributed by atoms with Crippen LogP contribution in [0.5, 0.6) is 5.75 Å². The van der Waals surface area contributed by atoms with E-state index in [1.54, 1.807) is 0 Å². The first kappa shape index (κ1) is 28.4. The Hall–Kier alpha value is -4.09. The third-order valence-electron chi connectivity index (χ3n) is 7.60. The summed E-state index contributed by atoms with van der Waals surface area (Å²) in [4.78, 5) is 22.3. The number of hydrogen-bond acceptors (Lipinski definition) is 7. The molecule has 0 spiro atoms. The number of nitrogens with one attached hydrogen (secondary N) is 1. The molecule has 41 heavy (non-hydrogen) atoms. The van der Waals surface area contributed by atoms with E-state index in [1.807, 2.05) is 25.1 Å². The van der Waals surface area contributed by atoms with Crippen molar-refractivity contribution >= 4 is 22.7 Å². The molecule has 2 aliphatic carbocycles. The summed E-state index contributed by atoms with van der Waals surface area (Å²) >= 11 is 0. The minimum Gasteiger partial charge on any atom is -0.481 e. The molecular weight excluding hydrogens is 539 g/mol. The first-order valence-corrected chi connectivity index (χ1v) is 13.5. The van der Waals surface area contributed by atoms with E-state index in [1.165, 1.54) is 19.0 Å². The van der Waals surface area contributed by atoms with Gasteiger partial charge in [0.25, 0.3) is 0 Å². The molecule has 9 nitrogen and oxygen atoms in total. The fourth-order valence-corrected chi connectivity index (χ4v) is 5.11. The summed E-state index contributed by atoms with van der Waals surface area (Å²) in [6, 6.07) is 9.26. The standard InChI is InChI=1S/C17H20N4O.C12H12F3NO3/c1-10-19-16(21-22-10)17(2,9-11-7-8-11)14-12-5-3-4-6-13(12)20-15(14)18;1-6(12(13,14)15)19-10-4-9(11(17)18)16-5-8(10)7-2-3-7/h3-6,11,20H,7-9,18H2,1-2H3;4-7H,2-3H2,1H3,(H,17,18)/t;6-/m.0/s1. The number of rotatable bonds is 8. The Morgan fingerprint density at radius 2 is 1.95 bits per heavy atom. The van der Waals surface area contributed by atoms with Gasteiger partial charge < -0.3 is 25.1 Å². The van der Waals surface area contributed by atoms with Crippen LogP contribution in [0.1, 0.15) is 85.2 Å². The number of nitrogen functional groups attached to an aromatic ring is 1. The Morgan fingerprint density at radius 1 is 1.24 bits per heavy atom. The van der Waals surface area contributed by atoms with Gasteiger partial charge in [-0.05, 0) is 51.0 Å². The second-order valence-corrected chi connectivity index (χ2v) is 11.1. The summed E-state index contributed by atoms with van der Waals surface area (Å²) in [5.74, 6) is 1.52. The number of aromatic carboxylic acids is 1. The van der Waals surface area contributed by atoms with Crippen molar-refractivity contribution in [3.8, 4) is 5.75 Å². The Kier molecular flexibility index (Phi) is 7.43. The van der Waals surface area contributed by atoms with Crippen LogP contribution in [0.4, 0.5) is 19.0 Å². The van der Waals surface area contributed by atoms with Crippen LogP contribution in [0.2, 0.25) is 0 Å². The van der Waals surface area contributed by atoms with Crippen LogP contribution in [0, 0.1) is 12.8 Å². The Bertz CT molecular complexity index is 1560. The highest BCUT2D eigenvalue weighted by atomic mass is 19.4. The first-order valence-electron chi connectivity index (χ1n) is 13.5. The quantitative estimate of drug-likeness (QED) is 0.217.